The fraction of sp³-hybridized carbons (Fsp3) is 0.938. The van der Waals surface area contributed by atoms with Crippen LogP contribution in [0.25, 0.3) is 0 Å². The molecule has 9 heteroatoms. The lowest BCUT2D eigenvalue weighted by Crippen LogP contribution is -2.32. The molecule has 0 heterocycles. The second-order valence-electron chi connectivity index (χ2n) is 6.12. The third-order valence-corrected chi connectivity index (χ3v) is 4.75. The summed E-state index contributed by atoms with van der Waals surface area (Å²) in [6.45, 7) is 0.754. The molecule has 0 aromatic heterocycles. The molecule has 0 radical (unpaired) electrons. The number of aliphatic hydroxyl groups is 2. The molecule has 0 saturated carbocycles. The zero-order valence-corrected chi connectivity index (χ0v) is 16.0. The predicted octanol–water partition coefficient (Wildman–Crippen LogP) is 1.90. The summed E-state index contributed by atoms with van der Waals surface area (Å²) in [5, 5.41) is 17.7. The lowest BCUT2D eigenvalue weighted by Gasteiger charge is -2.19. The van der Waals surface area contributed by atoms with Crippen LogP contribution < -0.4 is 5.73 Å². The van der Waals surface area contributed by atoms with Gasteiger partial charge >= 0.3 is 7.82 Å². The van der Waals surface area contributed by atoms with Gasteiger partial charge in [-0.2, -0.15) is 0 Å². The fourth-order valence-electron chi connectivity index (χ4n) is 2.25. The Morgan fingerprint density at radius 2 is 1.68 bits per heavy atom. The summed E-state index contributed by atoms with van der Waals surface area (Å²) in [6, 6.07) is 0. The van der Waals surface area contributed by atoms with Gasteiger partial charge in [0, 0.05) is 13.0 Å². The average molecular weight is 383 g/mol. The van der Waals surface area contributed by atoms with Crippen LogP contribution >= 0.6 is 7.82 Å². The number of carbonyl (C=O) groups excluding carboxylic acids is 1. The average Bonchev–Trinajstić information content (AvgIpc) is 2.59. The van der Waals surface area contributed by atoms with Crippen molar-refractivity contribution in [1.82, 2.24) is 0 Å². The van der Waals surface area contributed by atoms with Gasteiger partial charge in [0.15, 0.2) is 5.78 Å². The molecule has 0 aliphatic carbocycles. The third-order valence-electron chi connectivity index (χ3n) is 3.75. The molecule has 0 amide bonds. The van der Waals surface area contributed by atoms with E-state index in [9.17, 15) is 14.3 Å². The van der Waals surface area contributed by atoms with Gasteiger partial charge in [0.05, 0.1) is 13.2 Å². The van der Waals surface area contributed by atoms with E-state index < -0.39 is 33.2 Å². The summed E-state index contributed by atoms with van der Waals surface area (Å²) in [7, 11) is -4.52. The van der Waals surface area contributed by atoms with Gasteiger partial charge in [-0.3, -0.25) is 13.8 Å². The zero-order chi connectivity index (χ0) is 19.1. The van der Waals surface area contributed by atoms with Crippen LogP contribution in [0.15, 0.2) is 0 Å². The summed E-state index contributed by atoms with van der Waals surface area (Å²) >= 11 is 0. The van der Waals surface area contributed by atoms with Crippen LogP contribution in [0.5, 0.6) is 0 Å². The number of ketones is 1. The van der Waals surface area contributed by atoms with E-state index in [1.807, 2.05) is 0 Å². The number of aliphatic hydroxyl groups excluding tert-OH is 2. The number of phosphoric acid groups is 1. The minimum absolute atomic E-state index is 0.230. The first-order chi connectivity index (χ1) is 11.9. The van der Waals surface area contributed by atoms with Crippen LogP contribution in [0, 0.1) is 0 Å². The molecule has 0 fully saturated rings. The third kappa shape index (κ3) is 13.5. The van der Waals surface area contributed by atoms with E-state index in [2.05, 4.69) is 11.4 Å². The van der Waals surface area contributed by atoms with Crippen molar-refractivity contribution in [3.05, 3.63) is 0 Å². The molecule has 0 aliphatic rings. The van der Waals surface area contributed by atoms with Gasteiger partial charge in [0.25, 0.3) is 0 Å². The molecular formula is C16H34NO7P. The van der Waals surface area contributed by atoms with Crippen molar-refractivity contribution in [2.75, 3.05) is 19.8 Å². The van der Waals surface area contributed by atoms with Crippen molar-refractivity contribution in [1.29, 1.82) is 0 Å². The van der Waals surface area contributed by atoms with Gasteiger partial charge in [0.1, 0.15) is 12.2 Å². The van der Waals surface area contributed by atoms with Crippen molar-refractivity contribution < 1.29 is 33.5 Å². The highest BCUT2D eigenvalue weighted by molar-refractivity contribution is 7.47. The van der Waals surface area contributed by atoms with Crippen molar-refractivity contribution >= 4 is 13.6 Å². The molecule has 0 spiro atoms. The van der Waals surface area contributed by atoms with Crippen molar-refractivity contribution in [3.63, 3.8) is 0 Å². The van der Waals surface area contributed by atoms with Gasteiger partial charge in [-0.1, -0.05) is 51.9 Å². The number of hydrogen-bond donors (Lipinski definition) is 4. The minimum Gasteiger partial charge on any atom is -0.394 e. The Morgan fingerprint density at radius 3 is 2.20 bits per heavy atom. The molecular weight excluding hydrogens is 349 g/mol. The molecule has 8 nitrogen and oxygen atoms in total. The van der Waals surface area contributed by atoms with E-state index >= 15 is 0 Å². The van der Waals surface area contributed by atoms with Crippen LogP contribution in [-0.4, -0.2) is 52.9 Å². The fourth-order valence-corrected chi connectivity index (χ4v) is 3.20. The van der Waals surface area contributed by atoms with E-state index in [0.29, 0.717) is 6.42 Å². The number of rotatable bonds is 17. The molecule has 150 valence electrons. The maximum absolute atomic E-state index is 12.0. The second-order valence-corrected chi connectivity index (χ2v) is 7.53. The quantitative estimate of drug-likeness (QED) is 0.221. The number of carbonyl (C=O) groups is 1. The Balaban J connectivity index is 4.02. The highest BCUT2D eigenvalue weighted by atomic mass is 31.2. The van der Waals surface area contributed by atoms with E-state index in [1.165, 1.54) is 25.7 Å². The summed E-state index contributed by atoms with van der Waals surface area (Å²) in [4.78, 5) is 21.6. The Morgan fingerprint density at radius 1 is 1.12 bits per heavy atom. The Labute approximate surface area is 150 Å². The van der Waals surface area contributed by atoms with Gasteiger partial charge in [-0.05, 0) is 6.42 Å². The van der Waals surface area contributed by atoms with Crippen LogP contribution in [-0.2, 0) is 18.4 Å². The molecule has 0 aromatic rings. The molecule has 0 bridgehead atoms. The first-order valence-electron chi connectivity index (χ1n) is 9.03. The highest BCUT2D eigenvalue weighted by Crippen LogP contribution is 2.44. The summed E-state index contributed by atoms with van der Waals surface area (Å²) in [5.74, 6) is -0.339. The molecule has 5 N–H and O–H groups in total. The lowest BCUT2D eigenvalue weighted by atomic mass is 10.0. The second kappa shape index (κ2) is 14.8. The van der Waals surface area contributed by atoms with Gasteiger partial charge in [-0.25, -0.2) is 4.57 Å². The highest BCUT2D eigenvalue weighted by Gasteiger charge is 2.30. The Hall–Kier alpha value is -0.340. The monoisotopic (exact) mass is 383 g/mol. The maximum atomic E-state index is 12.0. The van der Waals surface area contributed by atoms with Crippen LogP contribution in [0.2, 0.25) is 0 Å². The summed E-state index contributed by atoms with van der Waals surface area (Å²) in [5.41, 5.74) is 5.44. The minimum atomic E-state index is -4.52. The smallest absolute Gasteiger partial charge is 0.394 e. The molecule has 3 atom stereocenters. The number of unbranched alkanes of at least 4 members (excludes halogenated alkanes) is 7. The van der Waals surface area contributed by atoms with Crippen molar-refractivity contribution in [2.24, 2.45) is 5.73 Å². The van der Waals surface area contributed by atoms with E-state index in [0.717, 1.165) is 19.3 Å². The summed E-state index contributed by atoms with van der Waals surface area (Å²) < 4.78 is 21.0. The van der Waals surface area contributed by atoms with E-state index in [-0.39, 0.29) is 18.7 Å². The molecule has 2 unspecified atom stereocenters. The topological polar surface area (TPSA) is 139 Å². The Kier molecular flexibility index (Phi) is 14.6. The van der Waals surface area contributed by atoms with Crippen molar-refractivity contribution in [2.45, 2.75) is 76.9 Å². The number of nitrogens with two attached hydrogens (primary N) is 1. The first-order valence-corrected chi connectivity index (χ1v) is 10.5. The predicted molar refractivity (Wildman–Crippen MR) is 95.0 cm³/mol. The Bertz CT molecular complexity index is 395. The molecule has 0 saturated heterocycles. The van der Waals surface area contributed by atoms with Crippen molar-refractivity contribution in [3.8, 4) is 0 Å². The van der Waals surface area contributed by atoms with E-state index in [1.54, 1.807) is 0 Å². The largest absolute Gasteiger partial charge is 0.473 e. The first kappa shape index (κ1) is 24.7. The van der Waals surface area contributed by atoms with E-state index in [4.69, 9.17) is 20.5 Å². The van der Waals surface area contributed by atoms with Gasteiger partial charge in [-0.15, -0.1) is 0 Å². The van der Waals surface area contributed by atoms with Crippen LogP contribution in [0.4, 0.5) is 0 Å². The molecule has 25 heavy (non-hydrogen) atoms. The standard InChI is InChI=1S/C16H34NO7P/c1-2-3-4-5-6-7-8-9-10-15(20)16(11-17)24-25(21,22)23-13-14(19)12-18/h14,16,18-19H,2-13,17H2,1H3,(H,21,22)/t14-,16?/m1/s1. The lowest BCUT2D eigenvalue weighted by molar-refractivity contribution is -0.126. The van der Waals surface area contributed by atoms with Gasteiger partial charge < -0.3 is 20.8 Å². The molecule has 0 aliphatic heterocycles. The SMILES string of the molecule is CCCCCCCCCCC(=O)C(CN)OP(=O)(O)OC[C@H](O)CO. The van der Waals surface area contributed by atoms with Gasteiger partial charge in [0.2, 0.25) is 0 Å². The molecule has 0 rings (SSSR count). The van der Waals surface area contributed by atoms with Crippen LogP contribution in [0.3, 0.4) is 0 Å². The normalized spacial score (nSPS) is 16.4. The summed E-state index contributed by atoms with van der Waals surface area (Å²) in [6.07, 6.45) is 6.46. The zero-order valence-electron chi connectivity index (χ0n) is 15.1. The molecule has 0 aromatic carbocycles. The number of hydrogen-bond acceptors (Lipinski definition) is 7. The number of Topliss-reactive ketones (excluding diaryl/α,β-unsaturated/α-hetero) is 1. The maximum Gasteiger partial charge on any atom is 0.473 e. The van der Waals surface area contributed by atoms with Crippen LogP contribution in [0.1, 0.15) is 64.7 Å². The number of phosphoric ester groups is 1.